The van der Waals surface area contributed by atoms with E-state index >= 15 is 0 Å². The Kier molecular flexibility index (Phi) is 3.46. The zero-order valence-corrected chi connectivity index (χ0v) is 11.6. The number of hydrogen-bond donors (Lipinski definition) is 1. The third kappa shape index (κ3) is 2.83. The van der Waals surface area contributed by atoms with Crippen LogP contribution in [0.2, 0.25) is 0 Å². The Labute approximate surface area is 106 Å². The molecule has 0 saturated heterocycles. The van der Waals surface area contributed by atoms with Crippen molar-refractivity contribution in [3.8, 4) is 0 Å². The summed E-state index contributed by atoms with van der Waals surface area (Å²) in [5.41, 5.74) is 4.46. The minimum atomic E-state index is 0.428. The Balaban J connectivity index is 2.11. The van der Waals surface area contributed by atoms with Gasteiger partial charge in [-0.05, 0) is 55.4 Å². The van der Waals surface area contributed by atoms with Crippen LogP contribution in [0.4, 0.5) is 5.69 Å². The van der Waals surface area contributed by atoms with Gasteiger partial charge < -0.3 is 5.32 Å². The van der Waals surface area contributed by atoms with Crippen LogP contribution in [0.1, 0.15) is 50.7 Å². The fraction of sp³-hybridized carbons (Fsp3) is 0.625. The van der Waals surface area contributed by atoms with E-state index in [-0.39, 0.29) is 0 Å². The van der Waals surface area contributed by atoms with Gasteiger partial charge in [0.25, 0.3) is 0 Å². The monoisotopic (exact) mass is 231 g/mol. The van der Waals surface area contributed by atoms with Gasteiger partial charge in [0.2, 0.25) is 0 Å². The van der Waals surface area contributed by atoms with Gasteiger partial charge in [0.15, 0.2) is 0 Å². The molecule has 1 aliphatic rings. The van der Waals surface area contributed by atoms with Crippen LogP contribution in [-0.4, -0.2) is 6.04 Å². The molecular formula is C16H25N. The molecule has 1 saturated carbocycles. The maximum Gasteiger partial charge on any atom is 0.0345 e. The molecule has 1 N–H and O–H groups in total. The Morgan fingerprint density at radius 1 is 1.12 bits per heavy atom. The largest absolute Gasteiger partial charge is 0.382 e. The maximum atomic E-state index is 3.74. The van der Waals surface area contributed by atoms with Gasteiger partial charge in [-0.2, -0.15) is 0 Å². The molecule has 0 amide bonds. The van der Waals surface area contributed by atoms with Crippen LogP contribution in [0, 0.1) is 19.3 Å². The molecular weight excluding hydrogens is 206 g/mol. The lowest BCUT2D eigenvalue weighted by atomic mass is 9.73. The van der Waals surface area contributed by atoms with E-state index in [1.807, 2.05) is 0 Å². The molecule has 1 atom stereocenters. The number of hydrogen-bond acceptors (Lipinski definition) is 1. The van der Waals surface area contributed by atoms with E-state index in [1.165, 1.54) is 42.5 Å². The van der Waals surface area contributed by atoms with Crippen LogP contribution >= 0.6 is 0 Å². The minimum absolute atomic E-state index is 0.428. The summed E-state index contributed by atoms with van der Waals surface area (Å²) in [5, 5.41) is 3.74. The second-order valence-corrected chi connectivity index (χ2v) is 6.23. The molecule has 1 aromatic carbocycles. The molecule has 1 aromatic rings. The number of aryl methyl sites for hydroxylation is 2. The van der Waals surface area contributed by atoms with Crippen molar-refractivity contribution in [2.24, 2.45) is 5.41 Å². The topological polar surface area (TPSA) is 12.0 Å². The summed E-state index contributed by atoms with van der Waals surface area (Å²) in [7, 11) is 0. The maximum absolute atomic E-state index is 3.74. The van der Waals surface area contributed by atoms with Gasteiger partial charge in [-0.15, -0.1) is 0 Å². The van der Waals surface area contributed by atoms with Gasteiger partial charge in [0.05, 0.1) is 0 Å². The molecule has 0 aromatic heterocycles. The van der Waals surface area contributed by atoms with Crippen LogP contribution < -0.4 is 5.32 Å². The van der Waals surface area contributed by atoms with Crippen molar-refractivity contribution in [2.45, 2.75) is 59.4 Å². The van der Waals surface area contributed by atoms with Gasteiger partial charge in [-0.25, -0.2) is 0 Å². The van der Waals surface area contributed by atoms with Crippen LogP contribution in [0.25, 0.3) is 0 Å². The molecule has 0 aliphatic heterocycles. The van der Waals surface area contributed by atoms with E-state index in [1.54, 1.807) is 0 Å². The van der Waals surface area contributed by atoms with Gasteiger partial charge >= 0.3 is 0 Å². The smallest absolute Gasteiger partial charge is 0.0345 e. The average Bonchev–Trinajstić information content (AvgIpc) is 2.26. The quantitative estimate of drug-likeness (QED) is 0.779. The predicted molar refractivity (Wildman–Crippen MR) is 75.6 cm³/mol. The lowest BCUT2D eigenvalue weighted by Crippen LogP contribution is -2.38. The molecule has 1 fully saturated rings. The van der Waals surface area contributed by atoms with E-state index in [0.29, 0.717) is 11.5 Å². The molecule has 1 unspecified atom stereocenters. The predicted octanol–water partition coefficient (Wildman–Crippen LogP) is 4.68. The first kappa shape index (κ1) is 12.5. The molecule has 2 rings (SSSR count). The number of rotatable bonds is 2. The second kappa shape index (κ2) is 4.72. The molecule has 1 aliphatic carbocycles. The molecule has 94 valence electrons. The highest BCUT2D eigenvalue weighted by molar-refractivity contribution is 5.49. The van der Waals surface area contributed by atoms with Crippen LogP contribution in [-0.2, 0) is 0 Å². The van der Waals surface area contributed by atoms with E-state index in [0.717, 1.165) is 0 Å². The third-order valence-electron chi connectivity index (χ3n) is 4.36. The van der Waals surface area contributed by atoms with Crippen molar-refractivity contribution in [3.05, 3.63) is 29.3 Å². The summed E-state index contributed by atoms with van der Waals surface area (Å²) in [5.74, 6) is 0. The van der Waals surface area contributed by atoms with Gasteiger partial charge in [-0.1, -0.05) is 32.8 Å². The molecule has 0 bridgehead atoms. The third-order valence-corrected chi connectivity index (χ3v) is 4.36. The zero-order chi connectivity index (χ0) is 12.5. The Bertz CT molecular complexity index is 393. The number of benzene rings is 1. The van der Waals surface area contributed by atoms with Gasteiger partial charge in [0.1, 0.15) is 0 Å². The first-order valence-electron chi connectivity index (χ1n) is 6.83. The van der Waals surface area contributed by atoms with Crippen LogP contribution in [0.3, 0.4) is 0 Å². The summed E-state index contributed by atoms with van der Waals surface area (Å²) in [6, 6.07) is 7.33. The Hall–Kier alpha value is -0.980. The zero-order valence-electron chi connectivity index (χ0n) is 11.6. The van der Waals surface area contributed by atoms with Crippen molar-refractivity contribution in [1.29, 1.82) is 0 Å². The first-order valence-corrected chi connectivity index (χ1v) is 6.83. The lowest BCUT2D eigenvalue weighted by molar-refractivity contribution is 0.217. The van der Waals surface area contributed by atoms with E-state index in [2.05, 4.69) is 51.2 Å². The number of nitrogens with one attached hydrogen (secondary N) is 1. The fourth-order valence-corrected chi connectivity index (χ4v) is 2.79. The highest BCUT2D eigenvalue weighted by Crippen LogP contribution is 2.37. The second-order valence-electron chi connectivity index (χ2n) is 6.23. The van der Waals surface area contributed by atoms with Crippen LogP contribution in [0.5, 0.6) is 0 Å². The van der Waals surface area contributed by atoms with E-state index in [9.17, 15) is 0 Å². The highest BCUT2D eigenvalue weighted by atomic mass is 14.9. The first-order chi connectivity index (χ1) is 7.99. The van der Waals surface area contributed by atoms with Crippen molar-refractivity contribution in [3.63, 3.8) is 0 Å². The summed E-state index contributed by atoms with van der Waals surface area (Å²) in [6.45, 7) is 9.14. The molecule has 0 radical (unpaired) electrons. The van der Waals surface area contributed by atoms with Gasteiger partial charge in [0, 0.05) is 11.7 Å². The molecule has 0 heterocycles. The summed E-state index contributed by atoms with van der Waals surface area (Å²) in [4.78, 5) is 0. The van der Waals surface area contributed by atoms with Crippen molar-refractivity contribution >= 4 is 5.69 Å². The standard InChI is InChI=1S/C16H25N/c1-12-8-9-14(11-13(12)2)17-15-7-5-6-10-16(15,3)4/h8-9,11,15,17H,5-7,10H2,1-4H3. The Morgan fingerprint density at radius 3 is 2.53 bits per heavy atom. The SMILES string of the molecule is Cc1ccc(NC2CCCCC2(C)C)cc1C. The fourth-order valence-electron chi connectivity index (χ4n) is 2.79. The lowest BCUT2D eigenvalue weighted by Gasteiger charge is -2.39. The number of anilines is 1. The normalized spacial score (nSPS) is 23.4. The average molecular weight is 231 g/mol. The van der Waals surface area contributed by atoms with E-state index in [4.69, 9.17) is 0 Å². The highest BCUT2D eigenvalue weighted by Gasteiger charge is 2.31. The molecule has 1 nitrogen and oxygen atoms in total. The van der Waals surface area contributed by atoms with Crippen molar-refractivity contribution in [1.82, 2.24) is 0 Å². The Morgan fingerprint density at radius 2 is 1.88 bits per heavy atom. The summed E-state index contributed by atoms with van der Waals surface area (Å²) >= 11 is 0. The summed E-state index contributed by atoms with van der Waals surface area (Å²) in [6.07, 6.45) is 5.40. The summed E-state index contributed by atoms with van der Waals surface area (Å²) < 4.78 is 0. The molecule has 17 heavy (non-hydrogen) atoms. The molecule has 1 heteroatoms. The van der Waals surface area contributed by atoms with Gasteiger partial charge in [-0.3, -0.25) is 0 Å². The molecule has 0 spiro atoms. The van der Waals surface area contributed by atoms with Crippen LogP contribution in [0.15, 0.2) is 18.2 Å². The minimum Gasteiger partial charge on any atom is -0.382 e. The van der Waals surface area contributed by atoms with Crippen molar-refractivity contribution in [2.75, 3.05) is 5.32 Å². The van der Waals surface area contributed by atoms with Crippen molar-refractivity contribution < 1.29 is 0 Å². The van der Waals surface area contributed by atoms with E-state index < -0.39 is 0 Å².